The van der Waals surface area contributed by atoms with Gasteiger partial charge in [0.15, 0.2) is 0 Å². The van der Waals surface area contributed by atoms with Gasteiger partial charge in [0.1, 0.15) is 0 Å². The van der Waals surface area contributed by atoms with Crippen molar-refractivity contribution in [1.82, 2.24) is 4.90 Å². The van der Waals surface area contributed by atoms with E-state index in [2.05, 4.69) is 47.9 Å². The second-order valence-electron chi connectivity index (χ2n) is 6.18. The highest BCUT2D eigenvalue weighted by Crippen LogP contribution is 2.23. The molecular weight excluding hydrogens is 274 g/mol. The zero-order valence-corrected chi connectivity index (χ0v) is 13.4. The molecule has 1 atom stereocenters. The summed E-state index contributed by atoms with van der Waals surface area (Å²) in [6.45, 7) is 7.48. The van der Waals surface area contributed by atoms with E-state index in [1.807, 2.05) is 0 Å². The lowest BCUT2D eigenvalue weighted by molar-refractivity contribution is -0.00610. The van der Waals surface area contributed by atoms with Crippen LogP contribution in [0, 0.1) is 24.7 Å². The molecule has 3 heteroatoms. The fourth-order valence-electron chi connectivity index (χ4n) is 3.19. The van der Waals surface area contributed by atoms with Gasteiger partial charge in [-0.25, -0.2) is 0 Å². The second kappa shape index (κ2) is 7.78. The molecule has 22 heavy (non-hydrogen) atoms. The van der Waals surface area contributed by atoms with E-state index in [4.69, 9.17) is 9.47 Å². The maximum Gasteiger partial charge on any atom is 0.0750 e. The number of morpholine rings is 1. The molecule has 0 N–H and O–H groups in total. The number of ether oxygens (including phenoxy) is 2. The molecule has 2 saturated heterocycles. The first-order valence-electron chi connectivity index (χ1n) is 8.31. The van der Waals surface area contributed by atoms with Gasteiger partial charge in [0, 0.05) is 31.9 Å². The Kier molecular flexibility index (Phi) is 5.50. The SMILES string of the molecule is Cc1ccc(C#CC(C2CCOCC2)N2CCOCC2)cc1. The van der Waals surface area contributed by atoms with Crippen molar-refractivity contribution in [1.29, 1.82) is 0 Å². The molecule has 3 rings (SSSR count). The number of rotatable bonds is 2. The highest BCUT2D eigenvalue weighted by molar-refractivity contribution is 5.37. The van der Waals surface area contributed by atoms with E-state index >= 15 is 0 Å². The lowest BCUT2D eigenvalue weighted by Gasteiger charge is -2.37. The van der Waals surface area contributed by atoms with Crippen LogP contribution in [0.3, 0.4) is 0 Å². The lowest BCUT2D eigenvalue weighted by atomic mass is 9.90. The molecule has 3 nitrogen and oxygen atoms in total. The normalized spacial score (nSPS) is 21.9. The van der Waals surface area contributed by atoms with E-state index in [1.165, 1.54) is 5.56 Å². The highest BCUT2D eigenvalue weighted by atomic mass is 16.5. The zero-order valence-electron chi connectivity index (χ0n) is 13.4. The van der Waals surface area contributed by atoms with Crippen molar-refractivity contribution in [3.63, 3.8) is 0 Å². The summed E-state index contributed by atoms with van der Waals surface area (Å²) >= 11 is 0. The Hall–Kier alpha value is -1.34. The molecule has 0 bridgehead atoms. The van der Waals surface area contributed by atoms with Crippen LogP contribution in [0.4, 0.5) is 0 Å². The third kappa shape index (κ3) is 4.10. The van der Waals surface area contributed by atoms with Crippen LogP contribution < -0.4 is 0 Å². The molecule has 2 fully saturated rings. The summed E-state index contributed by atoms with van der Waals surface area (Å²) < 4.78 is 11.0. The Balaban J connectivity index is 1.76. The van der Waals surface area contributed by atoms with Gasteiger partial charge >= 0.3 is 0 Å². The van der Waals surface area contributed by atoms with Crippen LogP contribution in [0.15, 0.2) is 24.3 Å². The van der Waals surface area contributed by atoms with E-state index in [9.17, 15) is 0 Å². The fraction of sp³-hybridized carbons (Fsp3) is 0.579. The quantitative estimate of drug-likeness (QED) is 0.783. The summed E-state index contributed by atoms with van der Waals surface area (Å²) in [6.07, 6.45) is 2.23. The monoisotopic (exact) mass is 299 g/mol. The minimum Gasteiger partial charge on any atom is -0.381 e. The zero-order chi connectivity index (χ0) is 15.2. The van der Waals surface area contributed by atoms with Crippen molar-refractivity contribution in [2.45, 2.75) is 25.8 Å². The third-order valence-corrected chi connectivity index (χ3v) is 4.57. The van der Waals surface area contributed by atoms with Crippen molar-refractivity contribution in [3.05, 3.63) is 35.4 Å². The Labute approximate surface area is 133 Å². The number of benzene rings is 1. The molecule has 2 aliphatic heterocycles. The average molecular weight is 299 g/mol. The Bertz CT molecular complexity index is 499. The molecule has 0 radical (unpaired) electrons. The van der Waals surface area contributed by atoms with Gasteiger partial charge in [0.25, 0.3) is 0 Å². The fourth-order valence-corrected chi connectivity index (χ4v) is 3.19. The summed E-state index contributed by atoms with van der Waals surface area (Å²) in [6, 6.07) is 8.81. The first-order chi connectivity index (χ1) is 10.8. The summed E-state index contributed by atoms with van der Waals surface area (Å²) in [4.78, 5) is 2.50. The standard InChI is InChI=1S/C19H25NO2/c1-16-2-4-17(5-3-16)6-7-19(18-8-12-21-13-9-18)20-10-14-22-15-11-20/h2-5,18-19H,8-15H2,1H3. The summed E-state index contributed by atoms with van der Waals surface area (Å²) in [5.74, 6) is 7.57. The molecule has 2 heterocycles. The number of aryl methyl sites for hydroxylation is 1. The van der Waals surface area contributed by atoms with Crippen LogP contribution in [-0.4, -0.2) is 50.5 Å². The van der Waals surface area contributed by atoms with E-state index in [-0.39, 0.29) is 0 Å². The van der Waals surface area contributed by atoms with Gasteiger partial charge in [-0.15, -0.1) is 0 Å². The van der Waals surface area contributed by atoms with Gasteiger partial charge < -0.3 is 9.47 Å². The molecule has 0 aromatic heterocycles. The van der Waals surface area contributed by atoms with Crippen LogP contribution in [0.5, 0.6) is 0 Å². The maximum absolute atomic E-state index is 5.52. The van der Waals surface area contributed by atoms with Crippen LogP contribution in [0.2, 0.25) is 0 Å². The molecular formula is C19H25NO2. The first kappa shape index (κ1) is 15.6. The van der Waals surface area contributed by atoms with Gasteiger partial charge in [0.2, 0.25) is 0 Å². The van der Waals surface area contributed by atoms with Crippen molar-refractivity contribution >= 4 is 0 Å². The first-order valence-corrected chi connectivity index (χ1v) is 8.31. The Morgan fingerprint density at radius 3 is 2.32 bits per heavy atom. The summed E-state index contributed by atoms with van der Waals surface area (Å²) in [5.41, 5.74) is 2.38. The summed E-state index contributed by atoms with van der Waals surface area (Å²) in [7, 11) is 0. The Morgan fingerprint density at radius 1 is 1.00 bits per heavy atom. The molecule has 118 valence electrons. The maximum atomic E-state index is 5.52. The van der Waals surface area contributed by atoms with Crippen LogP contribution in [0.1, 0.15) is 24.0 Å². The molecule has 0 saturated carbocycles. The van der Waals surface area contributed by atoms with Crippen molar-refractivity contribution in [3.8, 4) is 11.8 Å². The molecule has 1 unspecified atom stereocenters. The second-order valence-corrected chi connectivity index (χ2v) is 6.18. The molecule has 0 spiro atoms. The van der Waals surface area contributed by atoms with E-state index in [1.54, 1.807) is 0 Å². The Morgan fingerprint density at radius 2 is 1.64 bits per heavy atom. The van der Waals surface area contributed by atoms with Crippen molar-refractivity contribution in [2.75, 3.05) is 39.5 Å². The smallest absolute Gasteiger partial charge is 0.0750 e. The topological polar surface area (TPSA) is 21.7 Å². The van der Waals surface area contributed by atoms with Crippen molar-refractivity contribution in [2.24, 2.45) is 5.92 Å². The third-order valence-electron chi connectivity index (χ3n) is 4.57. The number of nitrogens with zero attached hydrogens (tertiary/aromatic N) is 1. The number of hydrogen-bond donors (Lipinski definition) is 0. The van der Waals surface area contributed by atoms with Crippen LogP contribution >= 0.6 is 0 Å². The minimum absolute atomic E-state index is 0.328. The minimum atomic E-state index is 0.328. The molecule has 2 aliphatic rings. The van der Waals surface area contributed by atoms with Crippen molar-refractivity contribution < 1.29 is 9.47 Å². The summed E-state index contributed by atoms with van der Waals surface area (Å²) in [5, 5.41) is 0. The van der Waals surface area contributed by atoms with E-state index in [0.717, 1.165) is 57.9 Å². The van der Waals surface area contributed by atoms with E-state index in [0.29, 0.717) is 12.0 Å². The average Bonchev–Trinajstić information content (AvgIpc) is 2.59. The predicted octanol–water partition coefficient (Wildman–Crippen LogP) is 2.47. The highest BCUT2D eigenvalue weighted by Gasteiger charge is 2.28. The van der Waals surface area contributed by atoms with Gasteiger partial charge in [0.05, 0.1) is 19.3 Å². The molecule has 1 aromatic rings. The molecule has 1 aromatic carbocycles. The van der Waals surface area contributed by atoms with Crippen LogP contribution in [0.25, 0.3) is 0 Å². The largest absolute Gasteiger partial charge is 0.381 e. The molecule has 0 amide bonds. The van der Waals surface area contributed by atoms with Gasteiger partial charge in [-0.3, -0.25) is 4.90 Å². The van der Waals surface area contributed by atoms with Crippen LogP contribution in [-0.2, 0) is 9.47 Å². The molecule has 0 aliphatic carbocycles. The van der Waals surface area contributed by atoms with Gasteiger partial charge in [-0.2, -0.15) is 0 Å². The van der Waals surface area contributed by atoms with Gasteiger partial charge in [-0.1, -0.05) is 29.5 Å². The van der Waals surface area contributed by atoms with E-state index < -0.39 is 0 Å². The van der Waals surface area contributed by atoms with Gasteiger partial charge in [-0.05, 0) is 37.8 Å². The lowest BCUT2D eigenvalue weighted by Crippen LogP contribution is -2.47. The number of hydrogen-bond acceptors (Lipinski definition) is 3. The predicted molar refractivity (Wildman–Crippen MR) is 87.8 cm³/mol.